The smallest absolute Gasteiger partial charge is 0.475 e. The molecule has 3 atom stereocenters. The number of likely N-dealkylation sites (tertiary alicyclic amines) is 1. The van der Waals surface area contributed by atoms with Gasteiger partial charge in [-0.15, -0.1) is 0 Å². The SMILES string of the molecule is Cn1nccc1C(=O)N[C@@H]1c2ccccc2[C@@H]2CN(Cc3cccnc3)C[C@H]12.O=C(O)C(F)(F)F.O=C(O)C(F)(F)F. The first-order chi connectivity index (χ1) is 19.6. The van der Waals surface area contributed by atoms with Gasteiger partial charge in [0.05, 0.1) is 6.04 Å². The van der Waals surface area contributed by atoms with Crippen LogP contribution in [0.3, 0.4) is 0 Å². The van der Waals surface area contributed by atoms with Crippen LogP contribution in [0, 0.1) is 5.92 Å². The molecule has 0 radical (unpaired) electrons. The molecule has 3 heterocycles. The minimum atomic E-state index is -5.08. The molecule has 0 bridgehead atoms. The molecule has 1 amide bonds. The molecule has 0 spiro atoms. The summed E-state index contributed by atoms with van der Waals surface area (Å²) in [5.41, 5.74) is 4.45. The van der Waals surface area contributed by atoms with Gasteiger partial charge < -0.3 is 15.5 Å². The van der Waals surface area contributed by atoms with Gasteiger partial charge >= 0.3 is 24.3 Å². The minimum absolute atomic E-state index is 0.0301. The second-order valence-electron chi connectivity index (χ2n) is 9.35. The topological polar surface area (TPSA) is 138 Å². The van der Waals surface area contributed by atoms with Crippen molar-refractivity contribution in [3.63, 3.8) is 0 Å². The Morgan fingerprint density at radius 3 is 2.00 bits per heavy atom. The second kappa shape index (κ2) is 13.0. The van der Waals surface area contributed by atoms with Crippen molar-refractivity contribution >= 4 is 17.8 Å². The normalized spacial score (nSPS) is 19.4. The maximum Gasteiger partial charge on any atom is 0.490 e. The molecule has 3 aromatic rings. The van der Waals surface area contributed by atoms with E-state index >= 15 is 0 Å². The zero-order valence-corrected chi connectivity index (χ0v) is 21.8. The van der Waals surface area contributed by atoms with Gasteiger partial charge in [0.15, 0.2) is 0 Å². The summed E-state index contributed by atoms with van der Waals surface area (Å²) in [7, 11) is 1.80. The van der Waals surface area contributed by atoms with Crippen molar-refractivity contribution < 1.29 is 50.9 Å². The highest BCUT2D eigenvalue weighted by Crippen LogP contribution is 2.49. The van der Waals surface area contributed by atoms with Crippen LogP contribution in [0.15, 0.2) is 61.1 Å². The van der Waals surface area contributed by atoms with Gasteiger partial charge in [-0.25, -0.2) is 9.59 Å². The average Bonchev–Trinajstić information content (AvgIpc) is 3.59. The number of carboxylic acid groups (broad SMARTS) is 2. The molecule has 3 N–H and O–H groups in total. The van der Waals surface area contributed by atoms with Gasteiger partial charge in [-0.1, -0.05) is 30.3 Å². The number of aromatic nitrogens is 3. The summed E-state index contributed by atoms with van der Waals surface area (Å²) >= 11 is 0. The lowest BCUT2D eigenvalue weighted by atomic mass is 9.94. The van der Waals surface area contributed by atoms with Crippen molar-refractivity contribution in [3.05, 3.63) is 83.4 Å². The van der Waals surface area contributed by atoms with Crippen molar-refractivity contribution in [1.29, 1.82) is 0 Å². The van der Waals surface area contributed by atoms with Crippen LogP contribution in [0.5, 0.6) is 0 Å². The van der Waals surface area contributed by atoms with E-state index in [4.69, 9.17) is 19.8 Å². The average molecular weight is 602 g/mol. The number of carboxylic acids is 2. The standard InChI is InChI=1S/C22H23N5O.2C2HF3O2/c1-26-20(8-10-24-26)22(28)25-21-17-7-3-2-6-16(17)18-13-27(14-19(18)21)12-15-5-4-9-23-11-15;2*3-2(4,5)1(6)7/h2-11,18-19,21H,12-14H2,1H3,(H,25,28);2*(H,6,7)/t18-,19-,21+;;/m0../s1. The highest BCUT2D eigenvalue weighted by Gasteiger charge is 2.46. The van der Waals surface area contributed by atoms with Crippen LogP contribution in [-0.4, -0.2) is 73.2 Å². The van der Waals surface area contributed by atoms with Gasteiger partial charge in [0.1, 0.15) is 5.69 Å². The van der Waals surface area contributed by atoms with Gasteiger partial charge in [0.25, 0.3) is 5.91 Å². The zero-order valence-electron chi connectivity index (χ0n) is 21.8. The fourth-order valence-electron chi connectivity index (χ4n) is 4.82. The molecule has 5 rings (SSSR count). The van der Waals surface area contributed by atoms with Crippen LogP contribution < -0.4 is 5.32 Å². The van der Waals surface area contributed by atoms with E-state index in [0.717, 1.165) is 19.6 Å². The van der Waals surface area contributed by atoms with Gasteiger partial charge in [-0.2, -0.15) is 31.4 Å². The van der Waals surface area contributed by atoms with E-state index in [1.165, 1.54) is 16.7 Å². The lowest BCUT2D eigenvalue weighted by Crippen LogP contribution is -2.34. The van der Waals surface area contributed by atoms with Gasteiger partial charge in [-0.3, -0.25) is 19.4 Å². The molecule has 1 aromatic carbocycles. The quantitative estimate of drug-likeness (QED) is 0.385. The van der Waals surface area contributed by atoms with E-state index in [2.05, 4.69) is 50.6 Å². The van der Waals surface area contributed by atoms with Gasteiger partial charge in [-0.05, 0) is 28.8 Å². The summed E-state index contributed by atoms with van der Waals surface area (Å²) in [5.74, 6) is -4.75. The van der Waals surface area contributed by atoms with Gasteiger partial charge in [0.2, 0.25) is 0 Å². The van der Waals surface area contributed by atoms with E-state index in [0.29, 0.717) is 17.5 Å². The summed E-state index contributed by atoms with van der Waals surface area (Å²) < 4.78 is 65.1. The number of aliphatic carboxylic acids is 2. The summed E-state index contributed by atoms with van der Waals surface area (Å²) in [6.07, 6.45) is -4.77. The van der Waals surface area contributed by atoms with Crippen LogP contribution in [0.2, 0.25) is 0 Å². The molecule has 226 valence electrons. The van der Waals surface area contributed by atoms with Crippen molar-refractivity contribution in [2.24, 2.45) is 13.0 Å². The van der Waals surface area contributed by atoms with Crippen LogP contribution in [0.25, 0.3) is 0 Å². The number of nitrogens with one attached hydrogen (secondary N) is 1. The van der Waals surface area contributed by atoms with Gasteiger partial charge in [0, 0.05) is 57.1 Å². The third-order valence-electron chi connectivity index (χ3n) is 6.55. The molecular weight excluding hydrogens is 576 g/mol. The number of benzene rings is 1. The number of hydrogen-bond donors (Lipinski definition) is 3. The second-order valence-corrected chi connectivity index (χ2v) is 9.35. The van der Waals surface area contributed by atoms with Crippen molar-refractivity contribution in [3.8, 4) is 0 Å². The number of fused-ring (bicyclic) bond motifs is 3. The Kier molecular flexibility index (Phi) is 9.93. The molecular formula is C26H25F6N5O5. The van der Waals surface area contributed by atoms with E-state index in [-0.39, 0.29) is 11.9 Å². The molecule has 1 aliphatic heterocycles. The Balaban J connectivity index is 0.000000289. The molecule has 16 heteroatoms. The third-order valence-corrected chi connectivity index (χ3v) is 6.55. The predicted molar refractivity (Wildman–Crippen MR) is 133 cm³/mol. The summed E-state index contributed by atoms with van der Waals surface area (Å²) in [6, 6.07) is 14.4. The Morgan fingerprint density at radius 2 is 1.50 bits per heavy atom. The Hall–Kier alpha value is -4.47. The van der Waals surface area contributed by atoms with E-state index in [1.54, 1.807) is 24.0 Å². The number of alkyl halides is 6. The Bertz CT molecular complexity index is 1370. The minimum Gasteiger partial charge on any atom is -0.475 e. The lowest BCUT2D eigenvalue weighted by molar-refractivity contribution is -0.193. The number of halogens is 6. The Morgan fingerprint density at radius 1 is 0.905 bits per heavy atom. The van der Waals surface area contributed by atoms with Crippen molar-refractivity contribution in [1.82, 2.24) is 25.0 Å². The van der Waals surface area contributed by atoms with E-state index in [9.17, 15) is 31.1 Å². The van der Waals surface area contributed by atoms with Crippen molar-refractivity contribution in [2.45, 2.75) is 30.9 Å². The fraction of sp³-hybridized carbons (Fsp3) is 0.346. The molecule has 0 unspecified atom stereocenters. The van der Waals surface area contributed by atoms with Crippen molar-refractivity contribution in [2.75, 3.05) is 13.1 Å². The molecule has 42 heavy (non-hydrogen) atoms. The third kappa shape index (κ3) is 8.05. The number of rotatable bonds is 4. The number of carbonyl (C=O) groups is 3. The van der Waals surface area contributed by atoms with Crippen LogP contribution in [-0.2, 0) is 23.2 Å². The van der Waals surface area contributed by atoms with Crippen LogP contribution >= 0.6 is 0 Å². The van der Waals surface area contributed by atoms with E-state index < -0.39 is 24.3 Å². The van der Waals surface area contributed by atoms with Crippen LogP contribution in [0.4, 0.5) is 26.3 Å². The molecule has 1 aliphatic carbocycles. The molecule has 2 aliphatic rings. The number of pyridine rings is 1. The van der Waals surface area contributed by atoms with E-state index in [1.807, 2.05) is 18.5 Å². The molecule has 10 nitrogen and oxygen atoms in total. The maximum absolute atomic E-state index is 12.9. The fourth-order valence-corrected chi connectivity index (χ4v) is 4.82. The largest absolute Gasteiger partial charge is 0.490 e. The number of hydrogen-bond acceptors (Lipinski definition) is 6. The lowest BCUT2D eigenvalue weighted by Gasteiger charge is -2.23. The number of amides is 1. The Labute approximate surface area is 234 Å². The molecule has 0 saturated carbocycles. The first-order valence-corrected chi connectivity index (χ1v) is 12.2. The first kappa shape index (κ1) is 32.0. The number of aryl methyl sites for hydroxylation is 1. The van der Waals surface area contributed by atoms with Crippen LogP contribution in [0.1, 0.15) is 39.1 Å². The number of nitrogens with zero attached hydrogens (tertiary/aromatic N) is 4. The highest BCUT2D eigenvalue weighted by molar-refractivity contribution is 5.92. The molecule has 2 aromatic heterocycles. The number of carbonyl (C=O) groups excluding carboxylic acids is 1. The summed E-state index contributed by atoms with van der Waals surface area (Å²) in [4.78, 5) is 37.4. The highest BCUT2D eigenvalue weighted by atomic mass is 19.4. The monoisotopic (exact) mass is 601 g/mol. The summed E-state index contributed by atoms with van der Waals surface area (Å²) in [6.45, 7) is 2.87. The molecule has 1 fully saturated rings. The predicted octanol–water partition coefficient (Wildman–Crippen LogP) is 3.78. The summed E-state index contributed by atoms with van der Waals surface area (Å²) in [5, 5.41) is 21.7. The first-order valence-electron chi connectivity index (χ1n) is 12.2. The molecule has 1 saturated heterocycles. The zero-order chi connectivity index (χ0) is 31.2. The maximum atomic E-state index is 12.9.